The molecule has 0 aliphatic rings. The predicted octanol–water partition coefficient (Wildman–Crippen LogP) is 1.67. The molecule has 0 fully saturated rings. The van der Waals surface area contributed by atoms with E-state index in [-0.39, 0.29) is 30.3 Å². The minimum Gasteiger partial charge on any atom is -0.496 e. The molecule has 0 heterocycles. The molecular formula is C11H14F2N2O4. The number of nitro benzene ring substituents is 1. The molecule has 1 aromatic rings. The summed E-state index contributed by atoms with van der Waals surface area (Å²) in [5.41, 5.74) is -0.0491. The lowest BCUT2D eigenvalue weighted by atomic mass is 10.2. The Bertz CT molecular complexity index is 443. The number of nitro groups is 1. The van der Waals surface area contributed by atoms with Crippen LogP contribution in [0.2, 0.25) is 0 Å². The summed E-state index contributed by atoms with van der Waals surface area (Å²) in [5.74, 6) is 0.196. The summed E-state index contributed by atoms with van der Waals surface area (Å²) in [5, 5.41) is 19.6. The normalized spacial score (nSPS) is 10.6. The predicted molar refractivity (Wildman–Crippen MR) is 65.0 cm³/mol. The zero-order valence-corrected chi connectivity index (χ0v) is 10.3. The third-order valence-corrected chi connectivity index (χ3v) is 2.42. The zero-order chi connectivity index (χ0) is 14.4. The first kappa shape index (κ1) is 15.1. The largest absolute Gasteiger partial charge is 0.496 e. The number of hydrogen-bond acceptors (Lipinski definition) is 5. The van der Waals surface area contributed by atoms with Crippen molar-refractivity contribution < 1.29 is 23.5 Å². The smallest absolute Gasteiger partial charge is 0.275 e. The third-order valence-electron chi connectivity index (χ3n) is 2.42. The fourth-order valence-corrected chi connectivity index (χ4v) is 1.59. The second kappa shape index (κ2) is 6.83. The summed E-state index contributed by atoms with van der Waals surface area (Å²) in [6, 6.07) is 3.77. The van der Waals surface area contributed by atoms with Gasteiger partial charge in [-0.1, -0.05) is 0 Å². The van der Waals surface area contributed by atoms with Crippen LogP contribution in [0.15, 0.2) is 18.2 Å². The lowest BCUT2D eigenvalue weighted by Crippen LogP contribution is -2.31. The molecule has 0 amide bonds. The SMILES string of the molecule is COc1cc(N(CCO)CC(F)F)cc([N+](=O)[O-])c1. The van der Waals surface area contributed by atoms with Crippen LogP contribution >= 0.6 is 0 Å². The molecule has 0 aromatic heterocycles. The second-order valence-electron chi connectivity index (χ2n) is 3.71. The van der Waals surface area contributed by atoms with E-state index in [0.29, 0.717) is 0 Å². The Hall–Kier alpha value is -1.96. The van der Waals surface area contributed by atoms with E-state index in [0.717, 1.165) is 0 Å². The number of aliphatic hydroxyl groups excluding tert-OH is 1. The first-order valence-corrected chi connectivity index (χ1v) is 5.45. The molecule has 0 saturated carbocycles. The summed E-state index contributed by atoms with van der Waals surface area (Å²) >= 11 is 0. The second-order valence-corrected chi connectivity index (χ2v) is 3.71. The van der Waals surface area contributed by atoms with E-state index in [9.17, 15) is 18.9 Å². The number of benzene rings is 1. The average molecular weight is 276 g/mol. The van der Waals surface area contributed by atoms with Gasteiger partial charge in [-0.15, -0.1) is 0 Å². The Morgan fingerprint density at radius 2 is 2.16 bits per heavy atom. The molecule has 0 bridgehead atoms. The number of hydrogen-bond donors (Lipinski definition) is 1. The third kappa shape index (κ3) is 4.32. The fraction of sp³-hybridized carbons (Fsp3) is 0.455. The van der Waals surface area contributed by atoms with Crippen LogP contribution in [0.1, 0.15) is 0 Å². The van der Waals surface area contributed by atoms with Gasteiger partial charge in [0.1, 0.15) is 5.75 Å². The Morgan fingerprint density at radius 3 is 2.63 bits per heavy atom. The molecule has 6 nitrogen and oxygen atoms in total. The molecule has 1 rings (SSSR count). The van der Waals surface area contributed by atoms with Gasteiger partial charge in [0.15, 0.2) is 0 Å². The van der Waals surface area contributed by atoms with E-state index in [4.69, 9.17) is 9.84 Å². The van der Waals surface area contributed by atoms with Crippen molar-refractivity contribution in [3.63, 3.8) is 0 Å². The van der Waals surface area contributed by atoms with Crippen LogP contribution in [-0.4, -0.2) is 43.3 Å². The van der Waals surface area contributed by atoms with Gasteiger partial charge in [-0.05, 0) is 0 Å². The van der Waals surface area contributed by atoms with Gasteiger partial charge >= 0.3 is 0 Å². The maximum absolute atomic E-state index is 12.4. The van der Waals surface area contributed by atoms with Gasteiger partial charge in [0.05, 0.1) is 31.3 Å². The summed E-state index contributed by atoms with van der Waals surface area (Å²) in [6.45, 7) is -1.00. The number of rotatable bonds is 7. The van der Waals surface area contributed by atoms with Gasteiger partial charge in [-0.25, -0.2) is 8.78 Å². The summed E-state index contributed by atoms with van der Waals surface area (Å²) in [7, 11) is 1.33. The van der Waals surface area contributed by atoms with Crippen molar-refractivity contribution in [3.8, 4) is 5.75 Å². The first-order chi connectivity index (χ1) is 8.97. The number of anilines is 1. The summed E-state index contributed by atoms with van der Waals surface area (Å²) in [6.07, 6.45) is -2.61. The molecule has 106 valence electrons. The van der Waals surface area contributed by atoms with E-state index >= 15 is 0 Å². The van der Waals surface area contributed by atoms with Crippen molar-refractivity contribution in [1.29, 1.82) is 0 Å². The summed E-state index contributed by atoms with van der Waals surface area (Å²) < 4.78 is 29.8. The molecule has 0 spiro atoms. The van der Waals surface area contributed by atoms with Crippen molar-refractivity contribution >= 4 is 11.4 Å². The molecule has 0 unspecified atom stereocenters. The number of nitrogens with zero attached hydrogens (tertiary/aromatic N) is 2. The number of ether oxygens (including phenoxy) is 1. The van der Waals surface area contributed by atoms with Crippen LogP contribution in [0.4, 0.5) is 20.2 Å². The van der Waals surface area contributed by atoms with Crippen molar-refractivity contribution in [1.82, 2.24) is 0 Å². The molecule has 0 aliphatic carbocycles. The van der Waals surface area contributed by atoms with Gasteiger partial charge in [0.25, 0.3) is 12.1 Å². The Balaban J connectivity index is 3.13. The molecule has 0 saturated heterocycles. The quantitative estimate of drug-likeness (QED) is 0.605. The van der Waals surface area contributed by atoms with Gasteiger partial charge < -0.3 is 14.7 Å². The van der Waals surface area contributed by atoms with Crippen molar-refractivity contribution in [3.05, 3.63) is 28.3 Å². The lowest BCUT2D eigenvalue weighted by Gasteiger charge is -2.23. The van der Waals surface area contributed by atoms with Crippen LogP contribution in [0.5, 0.6) is 5.75 Å². The zero-order valence-electron chi connectivity index (χ0n) is 10.3. The van der Waals surface area contributed by atoms with Gasteiger partial charge in [-0.3, -0.25) is 10.1 Å². The Labute approximate surface area is 108 Å². The van der Waals surface area contributed by atoms with Crippen molar-refractivity contribution in [2.45, 2.75) is 6.43 Å². The van der Waals surface area contributed by atoms with Gasteiger partial charge in [-0.2, -0.15) is 0 Å². The van der Waals surface area contributed by atoms with Crippen LogP contribution in [0.3, 0.4) is 0 Å². The fourth-order valence-electron chi connectivity index (χ4n) is 1.59. The van der Waals surface area contributed by atoms with E-state index in [1.807, 2.05) is 0 Å². The number of halogens is 2. The van der Waals surface area contributed by atoms with Crippen molar-refractivity contribution in [2.75, 3.05) is 31.7 Å². The number of aliphatic hydroxyl groups is 1. The van der Waals surface area contributed by atoms with E-state index in [1.54, 1.807) is 0 Å². The lowest BCUT2D eigenvalue weighted by molar-refractivity contribution is -0.384. The highest BCUT2D eigenvalue weighted by molar-refractivity contribution is 5.58. The van der Waals surface area contributed by atoms with Crippen LogP contribution in [-0.2, 0) is 0 Å². The Kier molecular flexibility index (Phi) is 5.43. The Morgan fingerprint density at radius 1 is 1.47 bits per heavy atom. The highest BCUT2D eigenvalue weighted by atomic mass is 19.3. The number of methoxy groups -OCH3 is 1. The van der Waals surface area contributed by atoms with E-state index < -0.39 is 17.9 Å². The van der Waals surface area contributed by atoms with Gasteiger partial charge in [0, 0.05) is 24.4 Å². The van der Waals surface area contributed by atoms with Gasteiger partial charge in [0.2, 0.25) is 0 Å². The van der Waals surface area contributed by atoms with Crippen LogP contribution in [0.25, 0.3) is 0 Å². The minimum atomic E-state index is -2.61. The highest BCUT2D eigenvalue weighted by Crippen LogP contribution is 2.28. The highest BCUT2D eigenvalue weighted by Gasteiger charge is 2.17. The first-order valence-electron chi connectivity index (χ1n) is 5.45. The molecule has 0 aliphatic heterocycles. The molecule has 19 heavy (non-hydrogen) atoms. The minimum absolute atomic E-state index is 0.0470. The molecule has 8 heteroatoms. The standard InChI is InChI=1S/C11H14F2N2O4/c1-19-10-5-8(4-9(6-10)15(17)18)14(2-3-16)7-11(12)13/h4-6,11,16H,2-3,7H2,1H3. The molecule has 0 radical (unpaired) electrons. The maximum Gasteiger partial charge on any atom is 0.275 e. The van der Waals surface area contributed by atoms with Crippen molar-refractivity contribution in [2.24, 2.45) is 0 Å². The molecule has 0 atom stereocenters. The van der Waals surface area contributed by atoms with E-state index in [1.165, 1.54) is 30.2 Å². The van der Waals surface area contributed by atoms with Crippen LogP contribution in [0, 0.1) is 10.1 Å². The summed E-state index contributed by atoms with van der Waals surface area (Å²) in [4.78, 5) is 11.3. The topological polar surface area (TPSA) is 75.8 Å². The molecule has 1 aromatic carbocycles. The monoisotopic (exact) mass is 276 g/mol. The molecular weight excluding hydrogens is 262 g/mol. The van der Waals surface area contributed by atoms with E-state index in [2.05, 4.69) is 0 Å². The van der Waals surface area contributed by atoms with Crippen LogP contribution < -0.4 is 9.64 Å². The average Bonchev–Trinajstić information content (AvgIpc) is 2.37. The molecule has 1 N–H and O–H groups in total. The number of alkyl halides is 2. The maximum atomic E-state index is 12.4. The number of non-ortho nitro benzene ring substituents is 1.